The van der Waals surface area contributed by atoms with Gasteiger partial charge in [-0.1, -0.05) is 38.5 Å². The minimum absolute atomic E-state index is 0.0193. The molecule has 2 fully saturated rings. The number of ketones is 1. The highest BCUT2D eigenvalue weighted by Gasteiger charge is 2.44. The van der Waals surface area contributed by atoms with E-state index in [4.69, 9.17) is 9.47 Å². The van der Waals surface area contributed by atoms with Gasteiger partial charge in [-0.15, -0.1) is 0 Å². The molecule has 0 aliphatic heterocycles. The number of hydrogen-bond donors (Lipinski definition) is 1. The van der Waals surface area contributed by atoms with Crippen LogP contribution in [0.2, 0.25) is 0 Å². The molecule has 0 radical (unpaired) electrons. The van der Waals surface area contributed by atoms with Crippen molar-refractivity contribution in [1.82, 2.24) is 0 Å². The molecule has 2 aliphatic carbocycles. The number of carbonyl (C=O) groups excluding carboxylic acids is 2. The van der Waals surface area contributed by atoms with Gasteiger partial charge in [0.05, 0.1) is 18.3 Å². The van der Waals surface area contributed by atoms with Crippen LogP contribution in [0.1, 0.15) is 77.6 Å². The van der Waals surface area contributed by atoms with Gasteiger partial charge in [0.2, 0.25) is 0 Å². The topological polar surface area (TPSA) is 72.8 Å². The fourth-order valence-corrected chi connectivity index (χ4v) is 3.77. The van der Waals surface area contributed by atoms with Crippen molar-refractivity contribution in [2.75, 3.05) is 6.61 Å². The van der Waals surface area contributed by atoms with Crippen molar-refractivity contribution in [2.45, 2.75) is 95.4 Å². The van der Waals surface area contributed by atoms with Crippen molar-refractivity contribution in [2.24, 2.45) is 0 Å². The van der Waals surface area contributed by atoms with Crippen LogP contribution in [0.3, 0.4) is 0 Å². The highest BCUT2D eigenvalue weighted by Crippen LogP contribution is 2.35. The van der Waals surface area contributed by atoms with Crippen LogP contribution in [0, 0.1) is 0 Å². The summed E-state index contributed by atoms with van der Waals surface area (Å²) in [7, 11) is 0. The number of esters is 1. The summed E-state index contributed by atoms with van der Waals surface area (Å²) in [5.74, 6) is -0.868. The van der Waals surface area contributed by atoms with Crippen LogP contribution in [0.4, 0.5) is 0 Å². The summed E-state index contributed by atoms with van der Waals surface area (Å²) in [6, 6.07) is 0. The van der Waals surface area contributed by atoms with E-state index >= 15 is 0 Å². The third-order valence-corrected chi connectivity index (χ3v) is 5.00. The average molecular weight is 326 g/mol. The molecule has 1 atom stereocenters. The Balaban J connectivity index is 2.06. The lowest BCUT2D eigenvalue weighted by Gasteiger charge is -2.40. The fraction of sp³-hybridized carbons (Fsp3) is 0.889. The number of Topliss-reactive ketones (excluding diaryl/α,β-unsaturated/α-hetero) is 1. The predicted octanol–water partition coefficient (Wildman–Crippen LogP) is 2.92. The van der Waals surface area contributed by atoms with Crippen LogP contribution >= 0.6 is 0 Å². The van der Waals surface area contributed by atoms with Gasteiger partial charge in [-0.05, 0) is 32.6 Å². The summed E-state index contributed by atoms with van der Waals surface area (Å²) in [6.07, 6.45) is 8.08. The molecule has 0 aromatic carbocycles. The zero-order chi connectivity index (χ0) is 16.7. The molecule has 0 saturated heterocycles. The van der Waals surface area contributed by atoms with E-state index in [9.17, 15) is 14.7 Å². The third-order valence-electron chi connectivity index (χ3n) is 5.00. The zero-order valence-corrected chi connectivity index (χ0v) is 14.2. The second-order valence-corrected chi connectivity index (χ2v) is 6.89. The first-order valence-electron chi connectivity index (χ1n) is 9.11. The summed E-state index contributed by atoms with van der Waals surface area (Å²) in [4.78, 5) is 24.3. The van der Waals surface area contributed by atoms with Gasteiger partial charge in [0, 0.05) is 0 Å². The first kappa shape index (κ1) is 18.4. The maximum Gasteiger partial charge on any atom is 0.313 e. The molecule has 0 spiro atoms. The maximum atomic E-state index is 12.6. The number of ether oxygens (including phenoxy) is 2. The van der Waals surface area contributed by atoms with Crippen LogP contribution in [-0.4, -0.2) is 41.3 Å². The number of carbonyl (C=O) groups is 2. The maximum absolute atomic E-state index is 12.6. The van der Waals surface area contributed by atoms with Crippen LogP contribution in [-0.2, 0) is 19.1 Å². The lowest BCUT2D eigenvalue weighted by molar-refractivity contribution is -0.174. The molecule has 132 valence electrons. The van der Waals surface area contributed by atoms with Gasteiger partial charge in [0.15, 0.2) is 5.78 Å². The highest BCUT2D eigenvalue weighted by molar-refractivity contribution is 5.98. The summed E-state index contributed by atoms with van der Waals surface area (Å²) in [5, 5.41) is 11.0. The van der Waals surface area contributed by atoms with Crippen molar-refractivity contribution >= 4 is 11.8 Å². The van der Waals surface area contributed by atoms with E-state index in [1.54, 1.807) is 6.92 Å². The van der Waals surface area contributed by atoms with Gasteiger partial charge >= 0.3 is 5.97 Å². The second-order valence-electron chi connectivity index (χ2n) is 6.89. The molecule has 5 heteroatoms. The normalized spacial score (nSPS) is 23.2. The van der Waals surface area contributed by atoms with Gasteiger partial charge < -0.3 is 14.6 Å². The monoisotopic (exact) mass is 326 g/mol. The van der Waals surface area contributed by atoms with Gasteiger partial charge in [-0.2, -0.15) is 0 Å². The van der Waals surface area contributed by atoms with E-state index in [0.29, 0.717) is 12.8 Å². The molecule has 5 nitrogen and oxygen atoms in total. The van der Waals surface area contributed by atoms with E-state index in [2.05, 4.69) is 0 Å². The van der Waals surface area contributed by atoms with Crippen LogP contribution in [0.25, 0.3) is 0 Å². The van der Waals surface area contributed by atoms with E-state index in [1.165, 1.54) is 6.42 Å². The third kappa shape index (κ3) is 5.28. The SMILES string of the molecule is CCOC(=O)CC(=O)C(OC1CCCCC1)C1(O)CCCCC1. The Morgan fingerprint density at radius 2 is 1.70 bits per heavy atom. The molecule has 2 saturated carbocycles. The summed E-state index contributed by atoms with van der Waals surface area (Å²) < 4.78 is 10.9. The molecule has 0 heterocycles. The molecule has 0 amide bonds. The minimum Gasteiger partial charge on any atom is -0.466 e. The molecule has 2 aliphatic rings. The van der Waals surface area contributed by atoms with Gasteiger partial charge in [0.1, 0.15) is 12.5 Å². The molecule has 1 N–H and O–H groups in total. The summed E-state index contributed by atoms with van der Waals surface area (Å²) in [6.45, 7) is 1.97. The highest BCUT2D eigenvalue weighted by atomic mass is 16.5. The molecule has 1 unspecified atom stereocenters. The Labute approximate surface area is 138 Å². The molecule has 2 rings (SSSR count). The summed E-state index contributed by atoms with van der Waals surface area (Å²) >= 11 is 0. The van der Waals surface area contributed by atoms with E-state index in [1.807, 2.05) is 0 Å². The molecule has 0 aromatic heterocycles. The Morgan fingerprint density at radius 3 is 2.30 bits per heavy atom. The van der Waals surface area contributed by atoms with Crippen LogP contribution in [0.5, 0.6) is 0 Å². The van der Waals surface area contributed by atoms with E-state index < -0.39 is 17.7 Å². The first-order valence-corrected chi connectivity index (χ1v) is 9.11. The number of rotatable bonds is 7. The van der Waals surface area contributed by atoms with Crippen molar-refractivity contribution in [1.29, 1.82) is 0 Å². The Bertz CT molecular complexity index is 394. The predicted molar refractivity (Wildman–Crippen MR) is 86.0 cm³/mol. The number of hydrogen-bond acceptors (Lipinski definition) is 5. The van der Waals surface area contributed by atoms with Crippen LogP contribution < -0.4 is 0 Å². The van der Waals surface area contributed by atoms with Gasteiger partial charge in [-0.3, -0.25) is 9.59 Å². The van der Waals surface area contributed by atoms with Crippen molar-refractivity contribution in [3.63, 3.8) is 0 Å². The average Bonchev–Trinajstić information content (AvgIpc) is 2.54. The molecular weight excluding hydrogens is 296 g/mol. The minimum atomic E-state index is -1.13. The Morgan fingerprint density at radius 1 is 1.09 bits per heavy atom. The Hall–Kier alpha value is -0.940. The fourth-order valence-electron chi connectivity index (χ4n) is 3.77. The lowest BCUT2D eigenvalue weighted by atomic mass is 9.78. The Kier molecular flexibility index (Phi) is 7.03. The number of aliphatic hydroxyl groups is 1. The van der Waals surface area contributed by atoms with Gasteiger partial charge in [0.25, 0.3) is 0 Å². The lowest BCUT2D eigenvalue weighted by Crippen LogP contribution is -2.52. The molecular formula is C18H30O5. The van der Waals surface area contributed by atoms with Crippen molar-refractivity contribution in [3.8, 4) is 0 Å². The zero-order valence-electron chi connectivity index (χ0n) is 14.2. The summed E-state index contributed by atoms with van der Waals surface area (Å²) in [5.41, 5.74) is -1.13. The van der Waals surface area contributed by atoms with Crippen molar-refractivity contribution in [3.05, 3.63) is 0 Å². The smallest absolute Gasteiger partial charge is 0.313 e. The quantitative estimate of drug-likeness (QED) is 0.575. The van der Waals surface area contributed by atoms with Gasteiger partial charge in [-0.25, -0.2) is 0 Å². The standard InChI is InChI=1S/C18H30O5/c1-2-22-16(20)13-15(19)17(18(21)11-7-4-8-12-18)23-14-9-5-3-6-10-14/h14,17,21H,2-13H2,1H3. The molecule has 0 aromatic rings. The van der Waals surface area contributed by atoms with Crippen molar-refractivity contribution < 1.29 is 24.2 Å². The second kappa shape index (κ2) is 8.78. The van der Waals surface area contributed by atoms with Crippen LogP contribution in [0.15, 0.2) is 0 Å². The molecule has 0 bridgehead atoms. The van der Waals surface area contributed by atoms with E-state index in [0.717, 1.165) is 44.9 Å². The first-order chi connectivity index (χ1) is 11.0. The van der Waals surface area contributed by atoms with E-state index in [-0.39, 0.29) is 24.9 Å². The largest absolute Gasteiger partial charge is 0.466 e. The molecule has 23 heavy (non-hydrogen) atoms.